The van der Waals surface area contributed by atoms with E-state index in [-0.39, 0.29) is 5.41 Å². The van der Waals surface area contributed by atoms with Crippen molar-refractivity contribution in [3.05, 3.63) is 35.0 Å². The minimum absolute atomic E-state index is 0.0917. The average molecular weight is 338 g/mol. The number of nitrogen functional groups attached to an aromatic ring is 1. The maximum absolute atomic E-state index is 5.88. The number of rotatable bonds is 3. The number of nitrogens with zero attached hydrogens (tertiary/aromatic N) is 5. The first kappa shape index (κ1) is 16.2. The Morgan fingerprint density at radius 2 is 2.12 bits per heavy atom. The number of aryl methyl sites for hydroxylation is 3. The summed E-state index contributed by atoms with van der Waals surface area (Å²) in [5, 5.41) is 0. The van der Waals surface area contributed by atoms with Gasteiger partial charge >= 0.3 is 0 Å². The minimum atomic E-state index is 0.0917. The predicted octanol–water partition coefficient (Wildman–Crippen LogP) is 2.59. The average Bonchev–Trinajstić information content (AvgIpc) is 2.92. The quantitative estimate of drug-likeness (QED) is 0.926. The van der Waals surface area contributed by atoms with Crippen LogP contribution in [-0.4, -0.2) is 33.0 Å². The molecule has 0 radical (unpaired) electrons. The van der Waals surface area contributed by atoms with Crippen LogP contribution in [0.4, 0.5) is 11.8 Å². The van der Waals surface area contributed by atoms with E-state index in [2.05, 4.69) is 39.8 Å². The molecule has 6 heteroatoms. The lowest BCUT2D eigenvalue weighted by atomic mass is 9.77. The van der Waals surface area contributed by atoms with Crippen molar-refractivity contribution in [2.45, 2.75) is 57.8 Å². The van der Waals surface area contributed by atoms with E-state index in [1.165, 1.54) is 17.7 Å². The predicted molar refractivity (Wildman–Crippen MR) is 98.7 cm³/mol. The summed E-state index contributed by atoms with van der Waals surface area (Å²) in [6.07, 6.45) is 8.40. The molecule has 0 aromatic carbocycles. The van der Waals surface area contributed by atoms with Gasteiger partial charge in [0.1, 0.15) is 11.6 Å². The number of piperidine rings is 1. The van der Waals surface area contributed by atoms with Crippen molar-refractivity contribution in [2.75, 3.05) is 23.7 Å². The van der Waals surface area contributed by atoms with Gasteiger partial charge in [0.25, 0.3) is 0 Å². The molecule has 1 aliphatic heterocycles. The summed E-state index contributed by atoms with van der Waals surface area (Å²) in [4.78, 5) is 20.6. The van der Waals surface area contributed by atoms with E-state index in [9.17, 15) is 0 Å². The zero-order valence-corrected chi connectivity index (χ0v) is 15.1. The zero-order chi connectivity index (χ0) is 17.4. The second kappa shape index (κ2) is 6.24. The van der Waals surface area contributed by atoms with Crippen LogP contribution in [0, 0.1) is 6.92 Å². The number of aromatic nitrogens is 4. The third-order valence-electron chi connectivity index (χ3n) is 5.52. The summed E-state index contributed by atoms with van der Waals surface area (Å²) in [6.45, 7) is 6.22. The highest BCUT2D eigenvalue weighted by molar-refractivity contribution is 5.45. The molecule has 1 aliphatic carbocycles. The fourth-order valence-corrected chi connectivity index (χ4v) is 4.39. The largest absolute Gasteiger partial charge is 0.368 e. The molecule has 1 saturated heterocycles. The van der Waals surface area contributed by atoms with Crippen LogP contribution < -0.4 is 10.6 Å². The van der Waals surface area contributed by atoms with E-state index < -0.39 is 0 Å². The third kappa shape index (κ3) is 2.94. The Hall–Kier alpha value is -2.24. The number of hydrogen-bond acceptors (Lipinski definition) is 6. The molecular weight excluding hydrogens is 312 g/mol. The fraction of sp³-hybridized carbons (Fsp3) is 0.579. The lowest BCUT2D eigenvalue weighted by Crippen LogP contribution is -2.46. The third-order valence-corrected chi connectivity index (χ3v) is 5.52. The van der Waals surface area contributed by atoms with Gasteiger partial charge < -0.3 is 10.6 Å². The highest BCUT2D eigenvalue weighted by atomic mass is 15.2. The van der Waals surface area contributed by atoms with Crippen molar-refractivity contribution in [2.24, 2.45) is 0 Å². The molecule has 0 saturated carbocycles. The summed E-state index contributed by atoms with van der Waals surface area (Å²) >= 11 is 0. The molecule has 25 heavy (non-hydrogen) atoms. The first-order chi connectivity index (χ1) is 12.1. The van der Waals surface area contributed by atoms with E-state index in [0.29, 0.717) is 5.95 Å². The second-order valence-corrected chi connectivity index (χ2v) is 7.44. The second-order valence-electron chi connectivity index (χ2n) is 7.44. The Morgan fingerprint density at radius 1 is 1.24 bits per heavy atom. The van der Waals surface area contributed by atoms with Crippen LogP contribution in [-0.2, 0) is 18.3 Å². The highest BCUT2D eigenvalue weighted by Crippen LogP contribution is 2.44. The molecule has 1 fully saturated rings. The molecule has 2 aromatic rings. The van der Waals surface area contributed by atoms with Gasteiger partial charge in [-0.1, -0.05) is 6.92 Å². The monoisotopic (exact) mass is 338 g/mol. The standard InChI is InChI=1S/C19H26N6/c1-3-5-15-22-13(2)10-16(23-15)25-9-4-7-19(12-25)8-6-14-11-21-18(20)24-17(14)19/h10-11H,3-9,12H2,1-2H3,(H2,20,21,24). The first-order valence-corrected chi connectivity index (χ1v) is 9.31. The Kier molecular flexibility index (Phi) is 4.06. The molecule has 1 unspecified atom stereocenters. The summed E-state index contributed by atoms with van der Waals surface area (Å²) in [6, 6.07) is 2.11. The Morgan fingerprint density at radius 3 is 2.96 bits per heavy atom. The van der Waals surface area contributed by atoms with Gasteiger partial charge in [-0.2, -0.15) is 0 Å². The van der Waals surface area contributed by atoms with Gasteiger partial charge in [-0.25, -0.2) is 19.9 Å². The minimum Gasteiger partial charge on any atom is -0.368 e. The van der Waals surface area contributed by atoms with Crippen LogP contribution in [0.15, 0.2) is 12.3 Å². The summed E-state index contributed by atoms with van der Waals surface area (Å²) in [5.41, 5.74) is 9.46. The molecule has 0 bridgehead atoms. The lowest BCUT2D eigenvalue weighted by molar-refractivity contribution is 0.333. The van der Waals surface area contributed by atoms with Crippen molar-refractivity contribution < 1.29 is 0 Å². The van der Waals surface area contributed by atoms with E-state index in [4.69, 9.17) is 10.7 Å². The van der Waals surface area contributed by atoms with E-state index in [0.717, 1.165) is 62.5 Å². The first-order valence-electron chi connectivity index (χ1n) is 9.31. The van der Waals surface area contributed by atoms with Crippen LogP contribution in [0.1, 0.15) is 55.4 Å². The molecule has 1 atom stereocenters. The molecule has 132 valence electrons. The van der Waals surface area contributed by atoms with Crippen LogP contribution in [0.2, 0.25) is 0 Å². The van der Waals surface area contributed by atoms with Gasteiger partial charge in [-0.3, -0.25) is 0 Å². The fourth-order valence-electron chi connectivity index (χ4n) is 4.39. The molecule has 2 aromatic heterocycles. The normalized spacial score (nSPS) is 22.4. The van der Waals surface area contributed by atoms with Crippen LogP contribution in [0.3, 0.4) is 0 Å². The Balaban J connectivity index is 1.66. The van der Waals surface area contributed by atoms with E-state index >= 15 is 0 Å². The van der Waals surface area contributed by atoms with Crippen molar-refractivity contribution in [1.82, 2.24) is 19.9 Å². The van der Waals surface area contributed by atoms with Crippen LogP contribution in [0.25, 0.3) is 0 Å². The van der Waals surface area contributed by atoms with Gasteiger partial charge in [0.15, 0.2) is 0 Å². The SMILES string of the molecule is CCCc1nc(C)cc(N2CCCC3(CCc4cnc(N)nc43)C2)n1. The van der Waals surface area contributed by atoms with Gasteiger partial charge in [-0.15, -0.1) is 0 Å². The van der Waals surface area contributed by atoms with Gasteiger partial charge in [0.05, 0.1) is 5.69 Å². The Bertz CT molecular complexity index is 785. The number of fused-ring (bicyclic) bond motifs is 2. The number of anilines is 2. The van der Waals surface area contributed by atoms with Gasteiger partial charge in [0.2, 0.25) is 5.95 Å². The number of nitrogens with two attached hydrogens (primary N) is 1. The maximum Gasteiger partial charge on any atom is 0.220 e. The molecule has 3 heterocycles. The molecule has 1 spiro atoms. The molecule has 2 N–H and O–H groups in total. The molecule has 2 aliphatic rings. The molecule has 4 rings (SSSR count). The molecule has 6 nitrogen and oxygen atoms in total. The van der Waals surface area contributed by atoms with Crippen LogP contribution in [0.5, 0.6) is 0 Å². The molecule has 0 amide bonds. The van der Waals surface area contributed by atoms with Crippen molar-refractivity contribution in [1.29, 1.82) is 0 Å². The zero-order valence-electron chi connectivity index (χ0n) is 15.1. The summed E-state index contributed by atoms with van der Waals surface area (Å²) in [5.74, 6) is 2.40. The highest BCUT2D eigenvalue weighted by Gasteiger charge is 2.44. The summed E-state index contributed by atoms with van der Waals surface area (Å²) < 4.78 is 0. The topological polar surface area (TPSA) is 80.8 Å². The van der Waals surface area contributed by atoms with Crippen molar-refractivity contribution in [3.8, 4) is 0 Å². The van der Waals surface area contributed by atoms with Gasteiger partial charge in [-0.05, 0) is 44.6 Å². The smallest absolute Gasteiger partial charge is 0.220 e. The van der Waals surface area contributed by atoms with Crippen LogP contribution >= 0.6 is 0 Å². The Labute approximate surface area is 148 Å². The maximum atomic E-state index is 5.88. The van der Waals surface area contributed by atoms with E-state index in [1.807, 2.05) is 6.20 Å². The summed E-state index contributed by atoms with van der Waals surface area (Å²) in [7, 11) is 0. The van der Waals surface area contributed by atoms with Crippen molar-refractivity contribution in [3.63, 3.8) is 0 Å². The number of hydrogen-bond donors (Lipinski definition) is 1. The van der Waals surface area contributed by atoms with Gasteiger partial charge in [0, 0.05) is 42.9 Å². The molecular formula is C19H26N6. The van der Waals surface area contributed by atoms with Crippen molar-refractivity contribution >= 4 is 11.8 Å². The van der Waals surface area contributed by atoms with E-state index in [1.54, 1.807) is 0 Å². The lowest BCUT2D eigenvalue weighted by Gasteiger charge is -2.41.